The monoisotopic (exact) mass is 309 g/mol. The third-order valence-electron chi connectivity index (χ3n) is 2.64. The quantitative estimate of drug-likeness (QED) is 0.512. The molecule has 0 spiro atoms. The van der Waals surface area contributed by atoms with Gasteiger partial charge in [-0.15, -0.1) is 0 Å². The van der Waals surface area contributed by atoms with Gasteiger partial charge in [-0.2, -0.15) is 0 Å². The molecule has 1 aromatic rings. The van der Waals surface area contributed by atoms with E-state index in [9.17, 15) is 13.2 Å². The predicted molar refractivity (Wildman–Crippen MR) is 82.0 cm³/mol. The Balaban J connectivity index is 2.75. The molecule has 0 fully saturated rings. The molecule has 0 heterocycles. The van der Waals surface area contributed by atoms with Gasteiger partial charge in [0, 0.05) is 12.1 Å². The summed E-state index contributed by atoms with van der Waals surface area (Å²) >= 11 is 0. The maximum absolute atomic E-state index is 12.1. The van der Waals surface area contributed by atoms with Gasteiger partial charge in [-0.05, 0) is 25.5 Å². The molecular weight excluding hydrogens is 290 g/mol. The molecule has 0 atom stereocenters. The van der Waals surface area contributed by atoms with Crippen molar-refractivity contribution in [2.45, 2.75) is 13.3 Å². The summed E-state index contributed by atoms with van der Waals surface area (Å²) in [5, 5.41) is 7.55. The fourth-order valence-electron chi connectivity index (χ4n) is 1.67. The second-order valence-corrected chi connectivity index (χ2v) is 6.27. The second-order valence-electron chi connectivity index (χ2n) is 4.53. The van der Waals surface area contributed by atoms with E-state index in [2.05, 4.69) is 17.2 Å². The number of carbonyl (C=O) groups excluding carboxylic acids is 1. The predicted octanol–water partition coefficient (Wildman–Crippen LogP) is -0.286. The molecule has 5 N–H and O–H groups in total. The molecule has 0 aliphatic carbocycles. The van der Waals surface area contributed by atoms with Crippen molar-refractivity contribution in [3.05, 3.63) is 34.9 Å². The minimum absolute atomic E-state index is 0.166. The number of amides is 1. The topological polar surface area (TPSA) is 115 Å². The van der Waals surface area contributed by atoms with E-state index in [1.807, 2.05) is 13.0 Å². The van der Waals surface area contributed by atoms with E-state index in [0.29, 0.717) is 11.1 Å². The zero-order chi connectivity index (χ0) is 15.9. The number of nitrogens with one attached hydrogen (secondary N) is 1. The minimum Gasteiger partial charge on any atom is -0.352 e. The van der Waals surface area contributed by atoms with Crippen molar-refractivity contribution in [1.82, 2.24) is 5.32 Å². The van der Waals surface area contributed by atoms with Gasteiger partial charge in [0.1, 0.15) is 0 Å². The molecule has 7 heteroatoms. The molecule has 0 unspecified atom stereocenters. The van der Waals surface area contributed by atoms with Gasteiger partial charge in [0.2, 0.25) is 10.0 Å². The Morgan fingerprint density at radius 3 is 2.71 bits per heavy atom. The number of carbonyl (C=O) groups is 1. The van der Waals surface area contributed by atoms with Crippen LogP contribution in [0, 0.1) is 18.8 Å². The van der Waals surface area contributed by atoms with Crippen LogP contribution in [0.25, 0.3) is 0 Å². The Bertz CT molecular complexity index is 672. The molecule has 1 amide bonds. The first kappa shape index (κ1) is 17.2. The number of nitrogens with two attached hydrogens (primary N) is 2. The van der Waals surface area contributed by atoms with Gasteiger partial charge in [0.25, 0.3) is 5.91 Å². The molecule has 0 saturated carbocycles. The van der Waals surface area contributed by atoms with Crippen molar-refractivity contribution in [1.29, 1.82) is 0 Å². The first-order chi connectivity index (χ1) is 9.83. The minimum atomic E-state index is -3.50. The van der Waals surface area contributed by atoms with E-state index in [4.69, 9.17) is 10.9 Å². The molecule has 21 heavy (non-hydrogen) atoms. The fourth-order valence-corrected chi connectivity index (χ4v) is 2.22. The summed E-state index contributed by atoms with van der Waals surface area (Å²) in [6.45, 7) is 2.31. The summed E-state index contributed by atoms with van der Waals surface area (Å²) in [7, 11) is -3.50. The van der Waals surface area contributed by atoms with Crippen molar-refractivity contribution >= 4 is 15.9 Å². The van der Waals surface area contributed by atoms with Crippen LogP contribution in [0.2, 0.25) is 0 Å². The molecule has 1 rings (SSSR count). The number of aryl methyl sites for hydroxylation is 1. The van der Waals surface area contributed by atoms with Crippen molar-refractivity contribution in [3.8, 4) is 11.8 Å². The number of benzene rings is 1. The molecule has 0 aliphatic heterocycles. The lowest BCUT2D eigenvalue weighted by molar-refractivity contribution is 0.0953. The zero-order valence-electron chi connectivity index (χ0n) is 11.8. The Labute approximate surface area is 125 Å². The first-order valence-electron chi connectivity index (χ1n) is 6.42. The van der Waals surface area contributed by atoms with Gasteiger partial charge in [-0.3, -0.25) is 4.79 Å². The summed E-state index contributed by atoms with van der Waals surface area (Å²) in [4.78, 5) is 12.1. The van der Waals surface area contributed by atoms with Crippen molar-refractivity contribution in [2.24, 2.45) is 10.9 Å². The van der Waals surface area contributed by atoms with Crippen LogP contribution in [0.1, 0.15) is 27.9 Å². The Hall–Kier alpha value is -1.88. The van der Waals surface area contributed by atoms with E-state index in [0.717, 1.165) is 5.56 Å². The lowest BCUT2D eigenvalue weighted by Crippen LogP contribution is -2.28. The van der Waals surface area contributed by atoms with E-state index in [-0.39, 0.29) is 31.2 Å². The highest BCUT2D eigenvalue weighted by Crippen LogP contribution is 2.10. The molecular formula is C14H19N3O3S. The van der Waals surface area contributed by atoms with E-state index < -0.39 is 10.0 Å². The van der Waals surface area contributed by atoms with Crippen LogP contribution in [0.15, 0.2) is 18.2 Å². The highest BCUT2D eigenvalue weighted by atomic mass is 32.2. The van der Waals surface area contributed by atoms with Gasteiger partial charge in [-0.1, -0.05) is 23.5 Å². The zero-order valence-corrected chi connectivity index (χ0v) is 12.7. The Morgan fingerprint density at radius 2 is 2.10 bits per heavy atom. The molecule has 6 nitrogen and oxygen atoms in total. The fraction of sp³-hybridized carbons (Fsp3) is 0.357. The van der Waals surface area contributed by atoms with Crippen molar-refractivity contribution in [3.63, 3.8) is 0 Å². The van der Waals surface area contributed by atoms with Crippen LogP contribution < -0.4 is 16.2 Å². The van der Waals surface area contributed by atoms with Crippen LogP contribution in [0.5, 0.6) is 0 Å². The van der Waals surface area contributed by atoms with E-state index in [1.54, 1.807) is 12.1 Å². The number of rotatable bonds is 5. The maximum atomic E-state index is 12.1. The first-order valence-corrected chi connectivity index (χ1v) is 8.13. The smallest absolute Gasteiger partial charge is 0.252 e. The largest absolute Gasteiger partial charge is 0.352 e. The lowest BCUT2D eigenvalue weighted by Gasteiger charge is -2.08. The maximum Gasteiger partial charge on any atom is 0.252 e. The molecule has 0 aliphatic rings. The Kier molecular flexibility index (Phi) is 6.37. The van der Waals surface area contributed by atoms with Crippen molar-refractivity contribution in [2.75, 3.05) is 18.8 Å². The van der Waals surface area contributed by atoms with Crippen LogP contribution >= 0.6 is 0 Å². The third kappa shape index (κ3) is 6.40. The van der Waals surface area contributed by atoms with Gasteiger partial charge < -0.3 is 11.1 Å². The Morgan fingerprint density at radius 1 is 1.38 bits per heavy atom. The van der Waals surface area contributed by atoms with Gasteiger partial charge in [0.05, 0.1) is 17.9 Å². The summed E-state index contributed by atoms with van der Waals surface area (Å²) in [6.07, 6.45) is 0.264. The summed E-state index contributed by atoms with van der Waals surface area (Å²) in [5.41, 5.74) is 7.30. The van der Waals surface area contributed by atoms with Crippen molar-refractivity contribution < 1.29 is 13.2 Å². The third-order valence-corrected chi connectivity index (χ3v) is 3.49. The average Bonchev–Trinajstić information content (AvgIpc) is 2.41. The van der Waals surface area contributed by atoms with E-state index in [1.165, 1.54) is 0 Å². The summed E-state index contributed by atoms with van der Waals surface area (Å²) in [6, 6.07) is 5.35. The normalized spacial score (nSPS) is 10.6. The van der Waals surface area contributed by atoms with Crippen LogP contribution in [-0.2, 0) is 10.0 Å². The standard InChI is InChI=1S/C14H19N3O3S/c1-11-5-6-12(4-2-7-15)13(10-11)14(18)17-8-3-9-21(16,19)20/h5-6,10H,3,7-9,15H2,1H3,(H,17,18)(H2,16,19,20). The average molecular weight is 309 g/mol. The number of hydrogen-bond acceptors (Lipinski definition) is 4. The summed E-state index contributed by atoms with van der Waals surface area (Å²) in [5.74, 6) is 5.09. The molecule has 0 radical (unpaired) electrons. The second kappa shape index (κ2) is 7.78. The summed E-state index contributed by atoms with van der Waals surface area (Å²) < 4.78 is 21.6. The number of hydrogen-bond donors (Lipinski definition) is 3. The molecule has 0 saturated heterocycles. The highest BCUT2D eigenvalue weighted by Gasteiger charge is 2.10. The molecule has 1 aromatic carbocycles. The van der Waals surface area contributed by atoms with Gasteiger partial charge in [0.15, 0.2) is 0 Å². The lowest BCUT2D eigenvalue weighted by atomic mass is 10.0. The molecule has 114 valence electrons. The highest BCUT2D eigenvalue weighted by molar-refractivity contribution is 7.89. The number of primary sulfonamides is 1. The molecule has 0 aromatic heterocycles. The van der Waals surface area contributed by atoms with Crippen LogP contribution in [-0.4, -0.2) is 33.2 Å². The van der Waals surface area contributed by atoms with Crippen LogP contribution in [0.4, 0.5) is 0 Å². The molecule has 0 bridgehead atoms. The van der Waals surface area contributed by atoms with Gasteiger partial charge in [-0.25, -0.2) is 13.6 Å². The number of sulfonamides is 1. The van der Waals surface area contributed by atoms with Gasteiger partial charge >= 0.3 is 0 Å². The van der Waals surface area contributed by atoms with E-state index >= 15 is 0 Å². The SMILES string of the molecule is Cc1ccc(C#CCN)c(C(=O)NCCCS(N)(=O)=O)c1. The van der Waals surface area contributed by atoms with Crippen LogP contribution in [0.3, 0.4) is 0 Å².